The van der Waals surface area contributed by atoms with E-state index < -0.39 is 0 Å². The number of aromatic nitrogens is 2. The minimum Gasteiger partial charge on any atom is -0.496 e. The van der Waals surface area contributed by atoms with Gasteiger partial charge in [0, 0.05) is 11.8 Å². The molecule has 2 rings (SSSR count). The van der Waals surface area contributed by atoms with Crippen LogP contribution in [-0.2, 0) is 6.42 Å². The lowest BCUT2D eigenvalue weighted by Crippen LogP contribution is -2.08. The molecule has 1 aromatic heterocycles. The number of nitrogens with zero attached hydrogens (tertiary/aromatic N) is 2. The molecule has 2 aromatic rings. The average Bonchev–Trinajstić information content (AvgIpc) is 2.42. The third kappa shape index (κ3) is 2.78. The zero-order valence-corrected chi connectivity index (χ0v) is 11.3. The SMILES string of the molecule is COc1ccc(C(=O)Cc2ccncn2)c(C)c1C. The molecule has 0 aliphatic rings. The third-order valence-electron chi connectivity index (χ3n) is 3.24. The highest BCUT2D eigenvalue weighted by atomic mass is 16.5. The van der Waals surface area contributed by atoms with E-state index in [-0.39, 0.29) is 12.2 Å². The summed E-state index contributed by atoms with van der Waals surface area (Å²) < 4.78 is 5.25. The Morgan fingerprint density at radius 1 is 1.21 bits per heavy atom. The molecule has 0 spiro atoms. The zero-order valence-electron chi connectivity index (χ0n) is 11.3. The largest absolute Gasteiger partial charge is 0.496 e. The second kappa shape index (κ2) is 5.61. The predicted molar refractivity (Wildman–Crippen MR) is 72.5 cm³/mol. The van der Waals surface area contributed by atoms with Crippen LogP contribution < -0.4 is 4.74 Å². The molecule has 98 valence electrons. The second-order valence-corrected chi connectivity index (χ2v) is 4.37. The van der Waals surface area contributed by atoms with E-state index in [2.05, 4.69) is 9.97 Å². The van der Waals surface area contributed by atoms with Gasteiger partial charge in [-0.2, -0.15) is 0 Å². The Bertz CT molecular complexity index is 595. The number of methoxy groups -OCH3 is 1. The minimum atomic E-state index is 0.0574. The van der Waals surface area contributed by atoms with E-state index >= 15 is 0 Å². The summed E-state index contributed by atoms with van der Waals surface area (Å²) in [7, 11) is 1.63. The van der Waals surface area contributed by atoms with Gasteiger partial charge in [0.2, 0.25) is 0 Å². The Balaban J connectivity index is 2.27. The monoisotopic (exact) mass is 256 g/mol. The first-order valence-electron chi connectivity index (χ1n) is 6.05. The van der Waals surface area contributed by atoms with Gasteiger partial charge in [0.25, 0.3) is 0 Å². The van der Waals surface area contributed by atoms with E-state index in [1.165, 1.54) is 6.33 Å². The van der Waals surface area contributed by atoms with Crippen LogP contribution in [0.2, 0.25) is 0 Å². The van der Waals surface area contributed by atoms with Crippen molar-refractivity contribution >= 4 is 5.78 Å². The Hall–Kier alpha value is -2.23. The molecule has 0 radical (unpaired) electrons. The summed E-state index contributed by atoms with van der Waals surface area (Å²) in [6.07, 6.45) is 3.38. The number of hydrogen-bond acceptors (Lipinski definition) is 4. The molecule has 19 heavy (non-hydrogen) atoms. The molecular formula is C15H16N2O2. The molecule has 0 aliphatic carbocycles. The number of ketones is 1. The summed E-state index contributed by atoms with van der Waals surface area (Å²) in [6.45, 7) is 3.89. The smallest absolute Gasteiger partial charge is 0.169 e. The number of benzene rings is 1. The maximum atomic E-state index is 12.3. The zero-order chi connectivity index (χ0) is 13.8. The van der Waals surface area contributed by atoms with Gasteiger partial charge in [0.05, 0.1) is 19.2 Å². The summed E-state index contributed by atoms with van der Waals surface area (Å²) in [6, 6.07) is 5.39. The van der Waals surface area contributed by atoms with Gasteiger partial charge in [-0.05, 0) is 43.2 Å². The highest BCUT2D eigenvalue weighted by Crippen LogP contribution is 2.24. The number of hydrogen-bond donors (Lipinski definition) is 0. The number of ether oxygens (including phenoxy) is 1. The number of rotatable bonds is 4. The molecule has 1 heterocycles. The molecule has 1 aromatic carbocycles. The maximum Gasteiger partial charge on any atom is 0.169 e. The van der Waals surface area contributed by atoms with E-state index in [4.69, 9.17) is 4.74 Å². The van der Waals surface area contributed by atoms with Crippen LogP contribution in [0.5, 0.6) is 5.75 Å². The van der Waals surface area contributed by atoms with E-state index in [0.29, 0.717) is 0 Å². The minimum absolute atomic E-state index is 0.0574. The van der Waals surface area contributed by atoms with Crippen LogP contribution in [-0.4, -0.2) is 22.9 Å². The topological polar surface area (TPSA) is 52.1 Å². The second-order valence-electron chi connectivity index (χ2n) is 4.37. The van der Waals surface area contributed by atoms with Crippen LogP contribution >= 0.6 is 0 Å². The fourth-order valence-electron chi connectivity index (χ4n) is 2.00. The van der Waals surface area contributed by atoms with Gasteiger partial charge in [-0.3, -0.25) is 4.79 Å². The lowest BCUT2D eigenvalue weighted by molar-refractivity contribution is 0.0991. The summed E-state index contributed by atoms with van der Waals surface area (Å²) in [5.41, 5.74) is 3.40. The van der Waals surface area contributed by atoms with Gasteiger partial charge in [0.15, 0.2) is 5.78 Å². The highest BCUT2D eigenvalue weighted by molar-refractivity contribution is 5.99. The van der Waals surface area contributed by atoms with Crippen molar-refractivity contribution in [1.29, 1.82) is 0 Å². The molecule has 0 bridgehead atoms. The van der Waals surface area contributed by atoms with E-state index in [1.54, 1.807) is 19.4 Å². The normalized spacial score (nSPS) is 10.3. The fraction of sp³-hybridized carbons (Fsp3) is 0.267. The van der Waals surface area contributed by atoms with Crippen molar-refractivity contribution in [2.45, 2.75) is 20.3 Å². The predicted octanol–water partition coefficient (Wildman–Crippen LogP) is 2.53. The number of carbonyl (C=O) groups is 1. The molecular weight excluding hydrogens is 240 g/mol. The van der Waals surface area contributed by atoms with Crippen molar-refractivity contribution in [3.63, 3.8) is 0 Å². The average molecular weight is 256 g/mol. The maximum absolute atomic E-state index is 12.3. The first-order chi connectivity index (χ1) is 9.13. The lowest BCUT2D eigenvalue weighted by atomic mass is 9.97. The summed E-state index contributed by atoms with van der Waals surface area (Å²) in [5, 5.41) is 0. The van der Waals surface area contributed by atoms with Gasteiger partial charge in [-0.25, -0.2) is 9.97 Å². The molecule has 0 amide bonds. The summed E-state index contributed by atoms with van der Waals surface area (Å²) in [5.74, 6) is 0.859. The quantitative estimate of drug-likeness (QED) is 0.789. The third-order valence-corrected chi connectivity index (χ3v) is 3.24. The molecule has 0 atom stereocenters. The lowest BCUT2D eigenvalue weighted by Gasteiger charge is -2.11. The molecule has 0 N–H and O–H groups in total. The van der Waals surface area contributed by atoms with Crippen LogP contribution in [0.1, 0.15) is 27.2 Å². The van der Waals surface area contributed by atoms with Crippen molar-refractivity contribution in [2.75, 3.05) is 7.11 Å². The summed E-state index contributed by atoms with van der Waals surface area (Å²) >= 11 is 0. The van der Waals surface area contributed by atoms with Crippen LogP contribution in [0.15, 0.2) is 30.7 Å². The van der Waals surface area contributed by atoms with E-state index in [0.717, 1.165) is 28.1 Å². The Kier molecular flexibility index (Phi) is 3.90. The molecule has 0 saturated heterocycles. The van der Waals surface area contributed by atoms with Crippen LogP contribution in [0, 0.1) is 13.8 Å². The van der Waals surface area contributed by atoms with Crippen molar-refractivity contribution in [1.82, 2.24) is 9.97 Å². The first-order valence-corrected chi connectivity index (χ1v) is 6.05. The van der Waals surface area contributed by atoms with Gasteiger partial charge in [-0.15, -0.1) is 0 Å². The molecule has 4 heteroatoms. The van der Waals surface area contributed by atoms with Crippen molar-refractivity contribution in [3.05, 3.63) is 53.1 Å². The summed E-state index contributed by atoms with van der Waals surface area (Å²) in [4.78, 5) is 20.2. The van der Waals surface area contributed by atoms with Gasteiger partial charge >= 0.3 is 0 Å². The fourth-order valence-corrected chi connectivity index (χ4v) is 2.00. The molecule has 0 saturated carbocycles. The van der Waals surface area contributed by atoms with Crippen molar-refractivity contribution in [2.24, 2.45) is 0 Å². The van der Waals surface area contributed by atoms with Gasteiger partial charge in [0.1, 0.15) is 12.1 Å². The van der Waals surface area contributed by atoms with Gasteiger partial charge < -0.3 is 4.74 Å². The Morgan fingerprint density at radius 2 is 2.00 bits per heavy atom. The molecule has 0 unspecified atom stereocenters. The van der Waals surface area contributed by atoms with Crippen molar-refractivity contribution in [3.8, 4) is 5.75 Å². The number of carbonyl (C=O) groups excluding carboxylic acids is 1. The Morgan fingerprint density at radius 3 is 2.63 bits per heavy atom. The van der Waals surface area contributed by atoms with Crippen LogP contribution in [0.25, 0.3) is 0 Å². The van der Waals surface area contributed by atoms with Crippen LogP contribution in [0.4, 0.5) is 0 Å². The molecule has 4 nitrogen and oxygen atoms in total. The first kappa shape index (κ1) is 13.2. The van der Waals surface area contributed by atoms with Crippen LogP contribution in [0.3, 0.4) is 0 Å². The molecule has 0 fully saturated rings. The standard InChI is InChI=1S/C15H16N2O2/c1-10-11(2)15(19-3)5-4-13(10)14(18)8-12-6-7-16-9-17-12/h4-7,9H,8H2,1-3H3. The van der Waals surface area contributed by atoms with Gasteiger partial charge in [-0.1, -0.05) is 0 Å². The van der Waals surface area contributed by atoms with E-state index in [1.807, 2.05) is 26.0 Å². The number of Topliss-reactive ketones (excluding diaryl/α,β-unsaturated/α-hetero) is 1. The highest BCUT2D eigenvalue weighted by Gasteiger charge is 2.14. The van der Waals surface area contributed by atoms with E-state index in [9.17, 15) is 4.79 Å². The Labute approximate surface area is 112 Å². The molecule has 0 aliphatic heterocycles. The van der Waals surface area contributed by atoms with Crippen molar-refractivity contribution < 1.29 is 9.53 Å².